The number of anilines is 1. The third-order valence-corrected chi connectivity index (χ3v) is 3.35. The van der Waals surface area contributed by atoms with Gasteiger partial charge in [0.25, 0.3) is 0 Å². The van der Waals surface area contributed by atoms with Crippen molar-refractivity contribution >= 4 is 17.6 Å². The molecule has 1 aliphatic carbocycles. The van der Waals surface area contributed by atoms with Crippen LogP contribution in [0.15, 0.2) is 18.2 Å². The summed E-state index contributed by atoms with van der Waals surface area (Å²) in [6, 6.07) is 4.27. The van der Waals surface area contributed by atoms with Crippen LogP contribution in [0, 0.1) is 24.6 Å². The van der Waals surface area contributed by atoms with Gasteiger partial charge in [-0.1, -0.05) is 0 Å². The molecule has 0 aliphatic heterocycles. The maximum Gasteiger partial charge on any atom is 0.307 e. The Morgan fingerprint density at radius 2 is 2.00 bits per heavy atom. The molecule has 1 aromatic carbocycles. The molecule has 18 heavy (non-hydrogen) atoms. The fraction of sp³-hybridized carbons (Fsp3) is 0.385. The smallest absolute Gasteiger partial charge is 0.307 e. The van der Waals surface area contributed by atoms with E-state index in [9.17, 15) is 14.0 Å². The Kier molecular flexibility index (Phi) is 3.32. The molecule has 5 heteroatoms. The molecule has 1 aromatic rings. The average molecular weight is 251 g/mol. The zero-order chi connectivity index (χ0) is 13.3. The molecule has 1 aliphatic rings. The Morgan fingerprint density at radius 1 is 1.33 bits per heavy atom. The Bertz CT molecular complexity index is 501. The Morgan fingerprint density at radius 3 is 2.50 bits per heavy atom. The predicted molar refractivity (Wildman–Crippen MR) is 63.6 cm³/mol. The summed E-state index contributed by atoms with van der Waals surface area (Å²) in [7, 11) is 0. The number of nitrogens with one attached hydrogen (secondary N) is 1. The zero-order valence-corrected chi connectivity index (χ0v) is 9.94. The van der Waals surface area contributed by atoms with E-state index in [1.807, 2.05) is 0 Å². The highest BCUT2D eigenvalue weighted by Crippen LogP contribution is 2.35. The summed E-state index contributed by atoms with van der Waals surface area (Å²) < 4.78 is 13.0. The number of carbonyl (C=O) groups excluding carboxylic acids is 1. The lowest BCUT2D eigenvalue weighted by Gasteiger charge is -2.31. The molecule has 0 bridgehead atoms. The van der Waals surface area contributed by atoms with Crippen LogP contribution in [0.3, 0.4) is 0 Å². The van der Waals surface area contributed by atoms with Crippen molar-refractivity contribution in [1.29, 1.82) is 0 Å². The molecule has 2 atom stereocenters. The van der Waals surface area contributed by atoms with Crippen LogP contribution in [0.2, 0.25) is 0 Å². The topological polar surface area (TPSA) is 66.4 Å². The van der Waals surface area contributed by atoms with E-state index in [1.54, 1.807) is 6.92 Å². The van der Waals surface area contributed by atoms with E-state index in [2.05, 4.69) is 5.32 Å². The van der Waals surface area contributed by atoms with Crippen molar-refractivity contribution in [1.82, 2.24) is 0 Å². The minimum Gasteiger partial charge on any atom is -0.481 e. The molecule has 2 unspecified atom stereocenters. The van der Waals surface area contributed by atoms with Gasteiger partial charge < -0.3 is 10.4 Å². The molecule has 1 amide bonds. The maximum atomic E-state index is 13.0. The SMILES string of the molecule is Cc1cc(NC(=O)C2CCC2C(=O)O)ccc1F. The summed E-state index contributed by atoms with van der Waals surface area (Å²) in [5.74, 6) is -2.64. The molecule has 0 heterocycles. The van der Waals surface area contributed by atoms with Crippen molar-refractivity contribution < 1.29 is 19.1 Å². The Labute approximate surface area is 104 Å². The number of hydrogen-bond donors (Lipinski definition) is 2. The highest BCUT2D eigenvalue weighted by Gasteiger charge is 2.41. The van der Waals surface area contributed by atoms with Crippen LogP contribution in [-0.2, 0) is 9.59 Å². The van der Waals surface area contributed by atoms with Crippen LogP contribution >= 0.6 is 0 Å². The normalized spacial score (nSPS) is 22.1. The number of aryl methyl sites for hydroxylation is 1. The quantitative estimate of drug-likeness (QED) is 0.865. The second-order valence-electron chi connectivity index (χ2n) is 4.58. The molecule has 0 radical (unpaired) electrons. The Hall–Kier alpha value is -1.91. The second kappa shape index (κ2) is 4.76. The molecule has 96 valence electrons. The molecule has 1 saturated carbocycles. The van der Waals surface area contributed by atoms with Crippen LogP contribution in [0.1, 0.15) is 18.4 Å². The van der Waals surface area contributed by atoms with Crippen LogP contribution in [0.4, 0.5) is 10.1 Å². The van der Waals surface area contributed by atoms with E-state index < -0.39 is 17.8 Å². The fourth-order valence-corrected chi connectivity index (χ4v) is 2.07. The van der Waals surface area contributed by atoms with E-state index in [-0.39, 0.29) is 11.7 Å². The molecule has 0 aromatic heterocycles. The van der Waals surface area contributed by atoms with Crippen molar-refractivity contribution in [3.8, 4) is 0 Å². The van der Waals surface area contributed by atoms with Crippen LogP contribution in [0.5, 0.6) is 0 Å². The summed E-state index contributed by atoms with van der Waals surface area (Å²) in [5.41, 5.74) is 0.936. The maximum absolute atomic E-state index is 13.0. The second-order valence-corrected chi connectivity index (χ2v) is 4.58. The molecule has 2 rings (SSSR count). The average Bonchev–Trinajstić information content (AvgIpc) is 2.20. The highest BCUT2D eigenvalue weighted by atomic mass is 19.1. The molecule has 0 saturated heterocycles. The summed E-state index contributed by atoms with van der Waals surface area (Å²) in [5, 5.41) is 11.5. The van der Waals surface area contributed by atoms with Gasteiger partial charge in [0, 0.05) is 5.69 Å². The minimum atomic E-state index is -0.934. The van der Waals surface area contributed by atoms with Gasteiger partial charge in [0.1, 0.15) is 5.82 Å². The molecule has 1 fully saturated rings. The lowest BCUT2D eigenvalue weighted by Crippen LogP contribution is -2.41. The van der Waals surface area contributed by atoms with Gasteiger partial charge >= 0.3 is 5.97 Å². The molecule has 4 nitrogen and oxygen atoms in total. The van der Waals surface area contributed by atoms with E-state index in [4.69, 9.17) is 5.11 Å². The summed E-state index contributed by atoms with van der Waals surface area (Å²) in [6.07, 6.45) is 1.12. The van der Waals surface area contributed by atoms with Crippen molar-refractivity contribution in [2.24, 2.45) is 11.8 Å². The highest BCUT2D eigenvalue weighted by molar-refractivity contribution is 5.96. The third kappa shape index (κ3) is 2.34. The number of halogens is 1. The molecular weight excluding hydrogens is 237 g/mol. The molecule has 0 spiro atoms. The Balaban J connectivity index is 2.03. The number of aliphatic carboxylic acids is 1. The van der Waals surface area contributed by atoms with Crippen molar-refractivity contribution in [2.75, 3.05) is 5.32 Å². The number of carbonyl (C=O) groups is 2. The van der Waals surface area contributed by atoms with E-state index in [0.29, 0.717) is 24.1 Å². The number of benzene rings is 1. The fourth-order valence-electron chi connectivity index (χ4n) is 2.07. The van der Waals surface area contributed by atoms with Gasteiger partial charge in [-0.15, -0.1) is 0 Å². The van der Waals surface area contributed by atoms with Crippen LogP contribution < -0.4 is 5.32 Å². The number of carboxylic acid groups (broad SMARTS) is 1. The number of amides is 1. The predicted octanol–water partition coefficient (Wildman–Crippen LogP) is 2.18. The monoisotopic (exact) mass is 251 g/mol. The van der Waals surface area contributed by atoms with Crippen LogP contribution in [-0.4, -0.2) is 17.0 Å². The number of hydrogen-bond acceptors (Lipinski definition) is 2. The number of carboxylic acids is 1. The standard InChI is InChI=1S/C13H14FNO3/c1-7-6-8(2-5-11(7)14)15-12(16)9-3-4-10(9)13(17)18/h2,5-6,9-10H,3-4H2,1H3,(H,15,16)(H,17,18). The molecule has 2 N–H and O–H groups in total. The zero-order valence-electron chi connectivity index (χ0n) is 9.94. The first kappa shape index (κ1) is 12.5. The van der Waals surface area contributed by atoms with Gasteiger partial charge in [-0.05, 0) is 43.5 Å². The van der Waals surface area contributed by atoms with Gasteiger partial charge in [-0.3, -0.25) is 9.59 Å². The van der Waals surface area contributed by atoms with E-state index >= 15 is 0 Å². The third-order valence-electron chi connectivity index (χ3n) is 3.35. The lowest BCUT2D eigenvalue weighted by molar-refractivity contribution is -0.151. The van der Waals surface area contributed by atoms with Gasteiger partial charge in [0.15, 0.2) is 0 Å². The van der Waals surface area contributed by atoms with Gasteiger partial charge in [-0.2, -0.15) is 0 Å². The van der Waals surface area contributed by atoms with E-state index in [1.165, 1.54) is 18.2 Å². The van der Waals surface area contributed by atoms with E-state index in [0.717, 1.165) is 0 Å². The minimum absolute atomic E-state index is 0.306. The summed E-state index contributed by atoms with van der Waals surface area (Å²) in [4.78, 5) is 22.7. The first-order valence-corrected chi connectivity index (χ1v) is 5.79. The van der Waals surface area contributed by atoms with Gasteiger partial charge in [0.05, 0.1) is 11.8 Å². The van der Waals surface area contributed by atoms with Crippen molar-refractivity contribution in [3.05, 3.63) is 29.6 Å². The first-order chi connectivity index (χ1) is 8.49. The van der Waals surface area contributed by atoms with Gasteiger partial charge in [-0.25, -0.2) is 4.39 Å². The molecular formula is C13H14FNO3. The van der Waals surface area contributed by atoms with Crippen LogP contribution in [0.25, 0.3) is 0 Å². The largest absolute Gasteiger partial charge is 0.481 e. The van der Waals surface area contributed by atoms with Crippen molar-refractivity contribution in [3.63, 3.8) is 0 Å². The summed E-state index contributed by atoms with van der Waals surface area (Å²) in [6.45, 7) is 1.61. The van der Waals surface area contributed by atoms with Gasteiger partial charge in [0.2, 0.25) is 5.91 Å². The first-order valence-electron chi connectivity index (χ1n) is 5.79. The number of rotatable bonds is 3. The lowest BCUT2D eigenvalue weighted by atomic mass is 9.73. The van der Waals surface area contributed by atoms with Crippen molar-refractivity contribution in [2.45, 2.75) is 19.8 Å². The summed E-state index contributed by atoms with van der Waals surface area (Å²) >= 11 is 0.